The zero-order valence-electron chi connectivity index (χ0n) is 12.7. The molecular weight excluding hydrogens is 338 g/mol. The van der Waals surface area contributed by atoms with E-state index >= 15 is 0 Å². The molecule has 0 radical (unpaired) electrons. The lowest BCUT2D eigenvalue weighted by Crippen LogP contribution is -2.06. The van der Waals surface area contributed by atoms with Crippen molar-refractivity contribution < 1.29 is 28.4 Å². The smallest absolute Gasteiger partial charge is 0.308 e. The van der Waals surface area contributed by atoms with Crippen molar-refractivity contribution in [2.45, 2.75) is 12.8 Å². The predicted molar refractivity (Wildman–Crippen MR) is 83.1 cm³/mol. The Bertz CT molecular complexity index is 854. The van der Waals surface area contributed by atoms with Crippen LogP contribution in [0.4, 0.5) is 20.2 Å². The summed E-state index contributed by atoms with van der Waals surface area (Å²) in [4.78, 5) is 30.7. The van der Waals surface area contributed by atoms with E-state index in [0.717, 1.165) is 12.1 Å². The summed E-state index contributed by atoms with van der Waals surface area (Å²) >= 11 is 0. The summed E-state index contributed by atoms with van der Waals surface area (Å²) in [7, 11) is 0. The van der Waals surface area contributed by atoms with E-state index in [2.05, 4.69) is 5.32 Å². The fraction of sp³-hybridized carbons (Fsp3) is 0.125. The number of nitrogens with zero attached hydrogens (tertiary/aromatic N) is 1. The highest BCUT2D eigenvalue weighted by Crippen LogP contribution is 2.24. The quantitative estimate of drug-likeness (QED) is 0.653. The molecule has 130 valence electrons. The minimum atomic E-state index is -1.31. The first-order chi connectivity index (χ1) is 11.8. The molecule has 2 aromatic carbocycles. The molecule has 0 fully saturated rings. The van der Waals surface area contributed by atoms with Crippen LogP contribution in [0.2, 0.25) is 0 Å². The van der Waals surface area contributed by atoms with E-state index in [4.69, 9.17) is 5.11 Å². The average Bonchev–Trinajstić information content (AvgIpc) is 2.91. The molecule has 1 aliphatic rings. The number of fused-ring (bicyclic) bond motifs is 1. The molecule has 0 saturated carbocycles. The number of carbonyl (C=O) groups excluding carboxylic acids is 1. The maximum absolute atomic E-state index is 13.0. The molecule has 0 aromatic heterocycles. The third-order valence-corrected chi connectivity index (χ3v) is 3.35. The van der Waals surface area contributed by atoms with Crippen molar-refractivity contribution in [1.82, 2.24) is 0 Å². The minimum absolute atomic E-state index is 0.134. The standard InChI is InChI=1S/C8H6FNO4.C8H6FNO/c9-6-2-1-3-7(10(13)14)5(6)4-8(11)12;9-6-2-1-3-7-5(6)4-8(11)10-7/h1-3H,4H2,(H,11,12);1-3H,4H2,(H,10,11). The lowest BCUT2D eigenvalue weighted by molar-refractivity contribution is -0.385. The molecule has 2 aromatic rings. The predicted octanol–water partition coefficient (Wildman–Crippen LogP) is 2.68. The lowest BCUT2D eigenvalue weighted by atomic mass is 10.1. The molecule has 0 bridgehead atoms. The van der Waals surface area contributed by atoms with Gasteiger partial charge in [0.15, 0.2) is 0 Å². The van der Waals surface area contributed by atoms with Gasteiger partial charge in [0.1, 0.15) is 11.6 Å². The van der Waals surface area contributed by atoms with Crippen LogP contribution >= 0.6 is 0 Å². The Balaban J connectivity index is 0.000000185. The largest absolute Gasteiger partial charge is 0.481 e. The van der Waals surface area contributed by atoms with Crippen LogP contribution in [0.3, 0.4) is 0 Å². The van der Waals surface area contributed by atoms with Crippen molar-refractivity contribution >= 4 is 23.3 Å². The molecule has 7 nitrogen and oxygen atoms in total. The minimum Gasteiger partial charge on any atom is -0.481 e. The number of carboxylic acids is 1. The van der Waals surface area contributed by atoms with Gasteiger partial charge in [-0.15, -0.1) is 0 Å². The summed E-state index contributed by atoms with van der Waals surface area (Å²) in [6.07, 6.45) is -0.523. The number of hydrogen-bond acceptors (Lipinski definition) is 4. The Morgan fingerprint density at radius 2 is 1.84 bits per heavy atom. The van der Waals surface area contributed by atoms with E-state index in [1.165, 1.54) is 12.1 Å². The maximum atomic E-state index is 13.0. The first-order valence-corrected chi connectivity index (χ1v) is 7.00. The van der Waals surface area contributed by atoms with Gasteiger partial charge < -0.3 is 10.4 Å². The van der Waals surface area contributed by atoms with Crippen molar-refractivity contribution in [2.24, 2.45) is 0 Å². The van der Waals surface area contributed by atoms with E-state index in [1.54, 1.807) is 12.1 Å². The lowest BCUT2D eigenvalue weighted by Gasteiger charge is -2.00. The van der Waals surface area contributed by atoms with Crippen LogP contribution in [0, 0.1) is 21.7 Å². The van der Waals surface area contributed by atoms with Gasteiger partial charge in [-0.1, -0.05) is 12.1 Å². The molecule has 0 saturated heterocycles. The third kappa shape index (κ3) is 4.34. The van der Waals surface area contributed by atoms with Crippen molar-refractivity contribution in [3.63, 3.8) is 0 Å². The van der Waals surface area contributed by atoms with Crippen molar-refractivity contribution in [3.05, 3.63) is 69.3 Å². The Hall–Kier alpha value is -3.36. The Kier molecular flexibility index (Phi) is 5.38. The molecule has 0 spiro atoms. The number of carboxylic acid groups (broad SMARTS) is 1. The fourth-order valence-corrected chi connectivity index (χ4v) is 2.25. The average molecular weight is 350 g/mol. The number of aliphatic carboxylic acids is 1. The van der Waals surface area contributed by atoms with Crippen LogP contribution in [0.25, 0.3) is 0 Å². The number of amides is 1. The van der Waals surface area contributed by atoms with Gasteiger partial charge >= 0.3 is 5.97 Å². The number of carbonyl (C=O) groups is 2. The van der Waals surface area contributed by atoms with Crippen LogP contribution in [-0.2, 0) is 22.4 Å². The van der Waals surface area contributed by atoms with Gasteiger partial charge in [-0.2, -0.15) is 0 Å². The zero-order valence-corrected chi connectivity index (χ0v) is 12.7. The number of rotatable bonds is 3. The molecular formula is C16H12F2N2O5. The Labute approximate surface area is 140 Å². The highest BCUT2D eigenvalue weighted by atomic mass is 19.1. The monoisotopic (exact) mass is 350 g/mol. The Morgan fingerprint density at radius 1 is 1.20 bits per heavy atom. The Morgan fingerprint density at radius 3 is 2.44 bits per heavy atom. The summed E-state index contributed by atoms with van der Waals surface area (Å²) in [5, 5.41) is 21.4. The van der Waals surface area contributed by atoms with Gasteiger partial charge in [-0.25, -0.2) is 8.78 Å². The van der Waals surface area contributed by atoms with Crippen LogP contribution in [-0.4, -0.2) is 21.9 Å². The second kappa shape index (κ2) is 7.47. The normalized spacial score (nSPS) is 11.8. The van der Waals surface area contributed by atoms with E-state index < -0.39 is 34.4 Å². The highest BCUT2D eigenvalue weighted by molar-refractivity contribution is 5.99. The molecule has 3 rings (SSSR count). The summed E-state index contributed by atoms with van der Waals surface area (Å²) in [5.74, 6) is -2.62. The van der Waals surface area contributed by atoms with E-state index in [9.17, 15) is 28.5 Å². The van der Waals surface area contributed by atoms with Gasteiger partial charge in [-0.05, 0) is 18.2 Å². The van der Waals surface area contributed by atoms with Gasteiger partial charge in [0.05, 0.1) is 23.3 Å². The third-order valence-electron chi connectivity index (χ3n) is 3.35. The van der Waals surface area contributed by atoms with Gasteiger partial charge in [-0.3, -0.25) is 19.7 Å². The molecule has 2 N–H and O–H groups in total. The number of halogens is 2. The molecule has 0 unspecified atom stereocenters. The summed E-state index contributed by atoms with van der Waals surface area (Å²) in [6.45, 7) is 0. The van der Waals surface area contributed by atoms with Gasteiger partial charge in [0.2, 0.25) is 5.91 Å². The van der Waals surface area contributed by atoms with Crippen LogP contribution in [0.1, 0.15) is 11.1 Å². The molecule has 0 aliphatic carbocycles. The number of nitro benzene ring substituents is 1. The van der Waals surface area contributed by atoms with E-state index in [-0.39, 0.29) is 18.1 Å². The van der Waals surface area contributed by atoms with Crippen molar-refractivity contribution in [3.8, 4) is 0 Å². The van der Waals surface area contributed by atoms with Crippen LogP contribution in [0.5, 0.6) is 0 Å². The fourth-order valence-electron chi connectivity index (χ4n) is 2.25. The summed E-state index contributed by atoms with van der Waals surface area (Å²) in [6, 6.07) is 7.87. The molecule has 1 amide bonds. The highest BCUT2D eigenvalue weighted by Gasteiger charge is 2.20. The first kappa shape index (κ1) is 18.0. The maximum Gasteiger partial charge on any atom is 0.308 e. The van der Waals surface area contributed by atoms with Gasteiger partial charge in [0.25, 0.3) is 5.69 Å². The van der Waals surface area contributed by atoms with Crippen LogP contribution < -0.4 is 5.32 Å². The topological polar surface area (TPSA) is 110 Å². The second-order valence-electron chi connectivity index (χ2n) is 5.06. The van der Waals surface area contributed by atoms with Crippen molar-refractivity contribution in [1.29, 1.82) is 0 Å². The number of anilines is 1. The zero-order chi connectivity index (χ0) is 18.6. The first-order valence-electron chi connectivity index (χ1n) is 7.00. The molecule has 0 atom stereocenters. The molecule has 1 heterocycles. The van der Waals surface area contributed by atoms with E-state index in [1.807, 2.05) is 0 Å². The summed E-state index contributed by atoms with van der Waals surface area (Å²) in [5.41, 5.74) is 0.185. The number of hydrogen-bond donors (Lipinski definition) is 2. The SMILES string of the molecule is O=C(O)Cc1c(F)cccc1[N+](=O)[O-].O=C1Cc2c(F)cccc2N1. The van der Waals surface area contributed by atoms with Gasteiger partial charge in [0, 0.05) is 17.3 Å². The van der Waals surface area contributed by atoms with E-state index in [0.29, 0.717) is 11.3 Å². The number of nitro groups is 1. The number of nitrogens with one attached hydrogen (secondary N) is 1. The molecule has 9 heteroatoms. The van der Waals surface area contributed by atoms with Crippen LogP contribution in [0.15, 0.2) is 36.4 Å². The second-order valence-corrected chi connectivity index (χ2v) is 5.06. The number of benzene rings is 2. The van der Waals surface area contributed by atoms with Crippen molar-refractivity contribution in [2.75, 3.05) is 5.32 Å². The molecule has 1 aliphatic heterocycles. The summed E-state index contributed by atoms with van der Waals surface area (Å²) < 4.78 is 25.9. The molecule has 25 heavy (non-hydrogen) atoms.